The summed E-state index contributed by atoms with van der Waals surface area (Å²) >= 11 is 0. The Morgan fingerprint density at radius 3 is 1.47 bits per heavy atom. The van der Waals surface area contributed by atoms with E-state index in [2.05, 4.69) is 46.4 Å². The third-order valence-corrected chi connectivity index (χ3v) is 12.4. The highest BCUT2D eigenvalue weighted by atomic mass is 16.7. The lowest BCUT2D eigenvalue weighted by atomic mass is 9.84. The van der Waals surface area contributed by atoms with Crippen LogP contribution in [0.3, 0.4) is 0 Å². The van der Waals surface area contributed by atoms with E-state index in [0.29, 0.717) is 44.6 Å². The molecule has 0 amide bonds. The van der Waals surface area contributed by atoms with E-state index in [0.717, 1.165) is 77.3 Å². The molecule has 0 aromatic heterocycles. The second-order valence-electron chi connectivity index (χ2n) is 18.7. The van der Waals surface area contributed by atoms with Crippen molar-refractivity contribution in [2.75, 3.05) is 46.1 Å². The number of aliphatic hydroxyl groups is 1. The fraction of sp³-hybridized carbons (Fsp3) is 0.961. The molecule has 0 radical (unpaired) electrons. The molecular weight excluding hydrogens is 723 g/mol. The first kappa shape index (κ1) is 56.7. The monoisotopic (exact) mass is 824 g/mol. The molecule has 0 unspecified atom stereocenters. The van der Waals surface area contributed by atoms with Crippen LogP contribution in [0.15, 0.2) is 0 Å². The summed E-state index contributed by atoms with van der Waals surface area (Å²) in [6, 6.07) is 0. The highest BCUT2D eigenvalue weighted by Crippen LogP contribution is 2.28. The number of rotatable bonds is 45. The molecule has 1 N–H and O–H groups in total. The van der Waals surface area contributed by atoms with Gasteiger partial charge in [-0.1, -0.05) is 196 Å². The van der Waals surface area contributed by atoms with E-state index in [-0.39, 0.29) is 18.0 Å². The molecule has 0 aliphatic heterocycles. The summed E-state index contributed by atoms with van der Waals surface area (Å²) in [6.45, 7) is 17.9. The molecular formula is C51H101NO6. The molecule has 0 spiro atoms. The number of nitrogens with zero attached hydrogens (tertiary/aromatic N) is 1. The number of aliphatic hydroxyl groups excluding tert-OH is 1. The molecule has 0 saturated heterocycles. The standard InChI is InChI=1S/C51H101NO6/c1-7-11-15-19-25-32-47(33-26-20-16-12-8-2)36-37-49(54)56-45-31-38-51(5,6)39-41-52(42-43-53)40-29-23-24-30-44-57-50(55)58-46-48(34-27-21-17-13-9-3)35-28-22-18-14-10-4/h47-48,53H,7-46H2,1-6H3. The molecule has 7 nitrogen and oxygen atoms in total. The van der Waals surface area contributed by atoms with Gasteiger partial charge in [-0.15, -0.1) is 0 Å². The Morgan fingerprint density at radius 1 is 0.483 bits per heavy atom. The average Bonchev–Trinajstić information content (AvgIpc) is 3.21. The number of esters is 1. The minimum atomic E-state index is -0.507. The first-order valence-corrected chi connectivity index (χ1v) is 25.5. The summed E-state index contributed by atoms with van der Waals surface area (Å²) < 4.78 is 16.7. The second kappa shape index (κ2) is 42.4. The number of unbranched alkanes of at least 4 members (excludes halogenated alkanes) is 19. The molecule has 58 heavy (non-hydrogen) atoms. The molecule has 0 saturated carbocycles. The van der Waals surface area contributed by atoms with E-state index in [9.17, 15) is 14.7 Å². The van der Waals surface area contributed by atoms with Crippen molar-refractivity contribution >= 4 is 12.1 Å². The van der Waals surface area contributed by atoms with Crippen molar-refractivity contribution in [3.63, 3.8) is 0 Å². The Kier molecular flexibility index (Phi) is 41.4. The predicted octanol–water partition coefficient (Wildman–Crippen LogP) is 15.2. The zero-order valence-electron chi connectivity index (χ0n) is 39.9. The molecule has 346 valence electrons. The van der Waals surface area contributed by atoms with Gasteiger partial charge in [-0.2, -0.15) is 0 Å². The first-order valence-electron chi connectivity index (χ1n) is 25.5. The molecule has 0 fully saturated rings. The van der Waals surface area contributed by atoms with E-state index in [1.54, 1.807) is 0 Å². The van der Waals surface area contributed by atoms with Crippen LogP contribution in [0, 0.1) is 17.3 Å². The van der Waals surface area contributed by atoms with Crippen molar-refractivity contribution in [3.8, 4) is 0 Å². The number of carbonyl (C=O) groups is 2. The fourth-order valence-corrected chi connectivity index (χ4v) is 8.26. The van der Waals surface area contributed by atoms with Gasteiger partial charge in [-0.3, -0.25) is 4.79 Å². The topological polar surface area (TPSA) is 85.3 Å². The van der Waals surface area contributed by atoms with Crippen LogP contribution in [0.4, 0.5) is 4.79 Å². The lowest BCUT2D eigenvalue weighted by Gasteiger charge is -2.29. The fourth-order valence-electron chi connectivity index (χ4n) is 8.26. The van der Waals surface area contributed by atoms with Gasteiger partial charge in [-0.05, 0) is 81.7 Å². The van der Waals surface area contributed by atoms with Gasteiger partial charge in [0.2, 0.25) is 0 Å². The van der Waals surface area contributed by atoms with E-state index in [4.69, 9.17) is 14.2 Å². The summed E-state index contributed by atoms with van der Waals surface area (Å²) in [5.74, 6) is 1.09. The van der Waals surface area contributed by atoms with Crippen LogP contribution < -0.4 is 0 Å². The summed E-state index contributed by atoms with van der Waals surface area (Å²) in [7, 11) is 0. The predicted molar refractivity (Wildman–Crippen MR) is 248 cm³/mol. The molecule has 0 heterocycles. The highest BCUT2D eigenvalue weighted by Gasteiger charge is 2.20. The first-order chi connectivity index (χ1) is 28.2. The van der Waals surface area contributed by atoms with Crippen LogP contribution in [0.25, 0.3) is 0 Å². The molecule has 0 aromatic carbocycles. The maximum atomic E-state index is 12.7. The van der Waals surface area contributed by atoms with Crippen molar-refractivity contribution in [1.82, 2.24) is 4.90 Å². The van der Waals surface area contributed by atoms with Crippen LogP contribution >= 0.6 is 0 Å². The highest BCUT2D eigenvalue weighted by molar-refractivity contribution is 5.69. The van der Waals surface area contributed by atoms with Crippen LogP contribution in [0.2, 0.25) is 0 Å². The van der Waals surface area contributed by atoms with Crippen molar-refractivity contribution in [2.24, 2.45) is 17.3 Å². The van der Waals surface area contributed by atoms with Gasteiger partial charge in [0, 0.05) is 13.0 Å². The van der Waals surface area contributed by atoms with Crippen LogP contribution in [0.5, 0.6) is 0 Å². The van der Waals surface area contributed by atoms with Crippen LogP contribution in [0.1, 0.15) is 253 Å². The third-order valence-electron chi connectivity index (χ3n) is 12.4. The van der Waals surface area contributed by atoms with Crippen molar-refractivity contribution in [3.05, 3.63) is 0 Å². The van der Waals surface area contributed by atoms with Gasteiger partial charge >= 0.3 is 12.1 Å². The Labute approximate surface area is 361 Å². The Morgan fingerprint density at radius 2 is 0.948 bits per heavy atom. The van der Waals surface area contributed by atoms with E-state index < -0.39 is 6.16 Å². The third kappa shape index (κ3) is 38.8. The van der Waals surface area contributed by atoms with Crippen LogP contribution in [-0.4, -0.2) is 68.2 Å². The van der Waals surface area contributed by atoms with Gasteiger partial charge < -0.3 is 24.2 Å². The number of carbonyl (C=O) groups excluding carboxylic acids is 2. The molecule has 0 atom stereocenters. The maximum absolute atomic E-state index is 12.7. The normalized spacial score (nSPS) is 12.0. The molecule has 0 rings (SSSR count). The molecule has 0 aromatic rings. The van der Waals surface area contributed by atoms with Gasteiger partial charge in [0.05, 0.1) is 26.4 Å². The smallest absolute Gasteiger partial charge is 0.466 e. The van der Waals surface area contributed by atoms with Crippen molar-refractivity contribution in [1.29, 1.82) is 0 Å². The van der Waals surface area contributed by atoms with Gasteiger partial charge in [0.25, 0.3) is 0 Å². The zero-order chi connectivity index (χ0) is 42.8. The molecule has 0 aliphatic rings. The van der Waals surface area contributed by atoms with Gasteiger partial charge in [0.15, 0.2) is 0 Å². The number of ether oxygens (including phenoxy) is 3. The van der Waals surface area contributed by atoms with E-state index in [1.165, 1.54) is 141 Å². The number of hydrogen-bond donors (Lipinski definition) is 1. The molecule has 0 bridgehead atoms. The van der Waals surface area contributed by atoms with Crippen molar-refractivity contribution < 1.29 is 28.9 Å². The largest absolute Gasteiger partial charge is 0.508 e. The van der Waals surface area contributed by atoms with Crippen molar-refractivity contribution in [2.45, 2.75) is 253 Å². The average molecular weight is 824 g/mol. The Hall–Kier alpha value is -1.34. The summed E-state index contributed by atoms with van der Waals surface area (Å²) in [5, 5.41) is 9.72. The SMILES string of the molecule is CCCCCCCC(CCCCCCC)CCC(=O)OCCCC(C)(C)CCN(CCO)CCCCCCOC(=O)OCC(CCCCCCC)CCCCCCC. The van der Waals surface area contributed by atoms with Gasteiger partial charge in [0.1, 0.15) is 0 Å². The van der Waals surface area contributed by atoms with Gasteiger partial charge in [-0.25, -0.2) is 4.79 Å². The molecule has 0 aliphatic carbocycles. The lowest BCUT2D eigenvalue weighted by molar-refractivity contribution is -0.144. The summed E-state index contributed by atoms with van der Waals surface area (Å²) in [6.07, 6.45) is 38.8. The number of hydrogen-bond acceptors (Lipinski definition) is 7. The minimum absolute atomic E-state index is 0.0175. The molecule has 7 heteroatoms. The second-order valence-corrected chi connectivity index (χ2v) is 18.7. The van der Waals surface area contributed by atoms with E-state index >= 15 is 0 Å². The quantitative estimate of drug-likeness (QED) is 0.0483. The Bertz CT molecular complexity index is 853. The zero-order valence-corrected chi connectivity index (χ0v) is 39.9. The Balaban J connectivity index is 4.30. The van der Waals surface area contributed by atoms with E-state index in [1.807, 2.05) is 0 Å². The van der Waals surface area contributed by atoms with Crippen LogP contribution in [-0.2, 0) is 19.0 Å². The summed E-state index contributed by atoms with van der Waals surface area (Å²) in [5.41, 5.74) is 0.149. The lowest BCUT2D eigenvalue weighted by Crippen LogP contribution is -2.32. The maximum Gasteiger partial charge on any atom is 0.508 e. The summed E-state index contributed by atoms with van der Waals surface area (Å²) in [4.78, 5) is 27.4. The minimum Gasteiger partial charge on any atom is -0.466 e.